The van der Waals surface area contributed by atoms with Crippen molar-refractivity contribution in [3.63, 3.8) is 0 Å². The number of hydrogen-bond donors (Lipinski definition) is 1. The van der Waals surface area contributed by atoms with E-state index in [0.717, 1.165) is 0 Å². The molecule has 0 saturated carbocycles. The number of pyridine rings is 1. The van der Waals surface area contributed by atoms with Gasteiger partial charge < -0.3 is 0 Å². The van der Waals surface area contributed by atoms with Crippen LogP contribution in [0.25, 0.3) is 10.9 Å². The zero-order valence-corrected chi connectivity index (χ0v) is 10.9. The SMILES string of the molecule is O=S(=O)(O)c1cccc2cccnc12.[Na]. The number of para-hydroxylation sites is 1. The minimum Gasteiger partial charge on any atom is -0.282 e. The van der Waals surface area contributed by atoms with Crippen molar-refractivity contribution in [3.8, 4) is 0 Å². The van der Waals surface area contributed by atoms with Crippen molar-refractivity contribution >= 4 is 50.6 Å². The summed E-state index contributed by atoms with van der Waals surface area (Å²) in [5.74, 6) is 0. The Morgan fingerprint density at radius 3 is 2.47 bits per heavy atom. The number of nitrogens with zero attached hydrogens (tertiary/aromatic N) is 1. The normalized spacial score (nSPS) is 11.0. The van der Waals surface area contributed by atoms with Crippen LogP contribution in [0.1, 0.15) is 0 Å². The largest absolute Gasteiger partial charge is 0.296 e. The third-order valence-electron chi connectivity index (χ3n) is 1.87. The zero-order chi connectivity index (χ0) is 10.2. The Balaban J connectivity index is 0.00000112. The fourth-order valence-corrected chi connectivity index (χ4v) is 1.95. The topological polar surface area (TPSA) is 67.3 Å². The van der Waals surface area contributed by atoms with Gasteiger partial charge in [-0.2, -0.15) is 8.42 Å². The summed E-state index contributed by atoms with van der Waals surface area (Å²) in [4.78, 5) is 3.75. The molecular formula is C9H7NNaO3S. The second kappa shape index (κ2) is 4.59. The predicted molar refractivity (Wildman–Crippen MR) is 57.3 cm³/mol. The van der Waals surface area contributed by atoms with Gasteiger partial charge in [0.2, 0.25) is 0 Å². The first-order valence-corrected chi connectivity index (χ1v) is 5.34. The quantitative estimate of drug-likeness (QED) is 0.590. The summed E-state index contributed by atoms with van der Waals surface area (Å²) >= 11 is 0. The van der Waals surface area contributed by atoms with E-state index in [1.54, 1.807) is 24.3 Å². The van der Waals surface area contributed by atoms with Gasteiger partial charge in [-0.25, -0.2) is 0 Å². The van der Waals surface area contributed by atoms with E-state index in [4.69, 9.17) is 4.55 Å². The third-order valence-corrected chi connectivity index (χ3v) is 2.76. The Morgan fingerprint density at radius 2 is 1.80 bits per heavy atom. The molecule has 1 aromatic carbocycles. The van der Waals surface area contributed by atoms with Crippen LogP contribution in [0, 0.1) is 0 Å². The molecule has 1 N–H and O–H groups in total. The van der Waals surface area contributed by atoms with Crippen LogP contribution < -0.4 is 0 Å². The van der Waals surface area contributed by atoms with Gasteiger partial charge in [0.05, 0.1) is 5.52 Å². The summed E-state index contributed by atoms with van der Waals surface area (Å²) < 4.78 is 30.8. The maximum Gasteiger partial charge on any atom is 0.296 e. The number of benzene rings is 1. The van der Waals surface area contributed by atoms with Crippen LogP contribution in [-0.4, -0.2) is 47.5 Å². The van der Waals surface area contributed by atoms with Crippen LogP contribution in [0.5, 0.6) is 0 Å². The van der Waals surface area contributed by atoms with Gasteiger partial charge in [-0.15, -0.1) is 0 Å². The summed E-state index contributed by atoms with van der Waals surface area (Å²) in [6, 6.07) is 8.06. The Hall–Kier alpha value is -0.460. The molecule has 0 bridgehead atoms. The maximum atomic E-state index is 11.0. The monoisotopic (exact) mass is 232 g/mol. The van der Waals surface area contributed by atoms with Crippen LogP contribution >= 0.6 is 0 Å². The standard InChI is InChI=1S/C9H7NO3S.Na/c11-14(12,13)8-5-1-3-7-4-2-6-10-9(7)8;/h1-6H,(H,11,12,13);. The average Bonchev–Trinajstić information content (AvgIpc) is 2.15. The number of aromatic nitrogens is 1. The van der Waals surface area contributed by atoms with Crippen molar-refractivity contribution < 1.29 is 13.0 Å². The average molecular weight is 232 g/mol. The van der Waals surface area contributed by atoms with E-state index in [-0.39, 0.29) is 40.0 Å². The Bertz CT molecular complexity index is 577. The minimum absolute atomic E-state index is 0. The fraction of sp³-hybridized carbons (Fsp3) is 0. The smallest absolute Gasteiger partial charge is 0.282 e. The van der Waals surface area contributed by atoms with E-state index in [0.29, 0.717) is 5.39 Å². The van der Waals surface area contributed by atoms with Gasteiger partial charge >= 0.3 is 0 Å². The van der Waals surface area contributed by atoms with Crippen LogP contribution in [0.3, 0.4) is 0 Å². The van der Waals surface area contributed by atoms with E-state index in [1.165, 1.54) is 12.3 Å². The minimum atomic E-state index is -4.19. The molecule has 2 rings (SSSR count). The van der Waals surface area contributed by atoms with E-state index >= 15 is 0 Å². The number of hydrogen-bond acceptors (Lipinski definition) is 3. The molecule has 0 amide bonds. The second-order valence-corrected chi connectivity index (χ2v) is 4.20. The fourth-order valence-electron chi connectivity index (χ4n) is 1.28. The molecule has 0 unspecified atom stereocenters. The summed E-state index contributed by atoms with van der Waals surface area (Å²) in [6.07, 6.45) is 1.48. The van der Waals surface area contributed by atoms with Gasteiger partial charge in [-0.1, -0.05) is 18.2 Å². The van der Waals surface area contributed by atoms with Crippen molar-refractivity contribution in [1.82, 2.24) is 4.98 Å². The Kier molecular flexibility index (Phi) is 3.86. The first-order chi connectivity index (χ1) is 6.59. The Morgan fingerprint density at radius 1 is 1.13 bits per heavy atom. The van der Waals surface area contributed by atoms with Crippen molar-refractivity contribution in [3.05, 3.63) is 36.5 Å². The van der Waals surface area contributed by atoms with Crippen molar-refractivity contribution in [2.75, 3.05) is 0 Å². The molecule has 1 heterocycles. The second-order valence-electron chi connectivity index (χ2n) is 2.81. The molecule has 73 valence electrons. The predicted octanol–water partition coefficient (Wildman–Crippen LogP) is 1.10. The Labute approximate surface area is 109 Å². The molecule has 0 spiro atoms. The zero-order valence-electron chi connectivity index (χ0n) is 8.08. The van der Waals surface area contributed by atoms with Crippen LogP contribution in [0.2, 0.25) is 0 Å². The molecular weight excluding hydrogens is 225 g/mol. The first kappa shape index (κ1) is 12.6. The van der Waals surface area contributed by atoms with Gasteiger partial charge in [0.1, 0.15) is 4.90 Å². The van der Waals surface area contributed by atoms with Crippen molar-refractivity contribution in [2.45, 2.75) is 4.90 Å². The van der Waals surface area contributed by atoms with E-state index < -0.39 is 10.1 Å². The van der Waals surface area contributed by atoms with E-state index in [9.17, 15) is 8.42 Å². The van der Waals surface area contributed by atoms with Crippen molar-refractivity contribution in [2.24, 2.45) is 0 Å². The molecule has 0 aliphatic rings. The maximum absolute atomic E-state index is 11.0. The van der Waals surface area contributed by atoms with Crippen LogP contribution in [-0.2, 0) is 10.1 Å². The van der Waals surface area contributed by atoms with Crippen LogP contribution in [0.4, 0.5) is 0 Å². The molecule has 0 aliphatic carbocycles. The first-order valence-electron chi connectivity index (χ1n) is 3.90. The molecule has 0 saturated heterocycles. The van der Waals surface area contributed by atoms with E-state index in [1.807, 2.05) is 0 Å². The van der Waals surface area contributed by atoms with Crippen molar-refractivity contribution in [1.29, 1.82) is 0 Å². The van der Waals surface area contributed by atoms with Gasteiger partial charge in [0, 0.05) is 41.1 Å². The van der Waals surface area contributed by atoms with Gasteiger partial charge in [0.25, 0.3) is 10.1 Å². The summed E-state index contributed by atoms with van der Waals surface area (Å²) in [6.45, 7) is 0. The van der Waals surface area contributed by atoms with Crippen LogP contribution in [0.15, 0.2) is 41.4 Å². The van der Waals surface area contributed by atoms with Gasteiger partial charge in [-0.3, -0.25) is 9.54 Å². The molecule has 4 nitrogen and oxygen atoms in total. The molecule has 0 fully saturated rings. The molecule has 0 atom stereocenters. The molecule has 0 aliphatic heterocycles. The molecule has 15 heavy (non-hydrogen) atoms. The molecule has 1 radical (unpaired) electrons. The van der Waals surface area contributed by atoms with E-state index in [2.05, 4.69) is 4.98 Å². The summed E-state index contributed by atoms with van der Waals surface area (Å²) in [5.41, 5.74) is 0.289. The molecule has 2 aromatic rings. The third kappa shape index (κ3) is 2.56. The number of rotatable bonds is 1. The number of fused-ring (bicyclic) bond motifs is 1. The summed E-state index contributed by atoms with van der Waals surface area (Å²) in [7, 11) is -4.19. The van der Waals surface area contributed by atoms with Gasteiger partial charge in [0.15, 0.2) is 0 Å². The molecule has 1 aromatic heterocycles. The molecule has 6 heteroatoms. The van der Waals surface area contributed by atoms with Gasteiger partial charge in [-0.05, 0) is 12.1 Å². The summed E-state index contributed by atoms with van der Waals surface area (Å²) in [5, 5.41) is 0.683.